The molecule has 1 aliphatic carbocycles. The second-order valence-corrected chi connectivity index (χ2v) is 5.60. The van der Waals surface area contributed by atoms with Gasteiger partial charge in [-0.25, -0.2) is 0 Å². The highest BCUT2D eigenvalue weighted by Crippen LogP contribution is 2.34. The summed E-state index contributed by atoms with van der Waals surface area (Å²) in [5.74, 6) is 4.10. The number of esters is 1. The zero-order valence-corrected chi connectivity index (χ0v) is 11.9. The van der Waals surface area contributed by atoms with Crippen LogP contribution in [0.15, 0.2) is 11.6 Å². The third kappa shape index (κ3) is 4.22. The molecule has 0 saturated carbocycles. The number of rotatable bonds is 4. The Kier molecular flexibility index (Phi) is 5.47. The fourth-order valence-corrected chi connectivity index (χ4v) is 2.49. The first-order chi connectivity index (χ1) is 8.43. The van der Waals surface area contributed by atoms with Crippen molar-refractivity contribution in [1.29, 1.82) is 0 Å². The van der Waals surface area contributed by atoms with Gasteiger partial charge in [0, 0.05) is 13.3 Å². The van der Waals surface area contributed by atoms with Crippen molar-refractivity contribution >= 4 is 5.97 Å². The first kappa shape index (κ1) is 14.8. The van der Waals surface area contributed by atoms with Crippen molar-refractivity contribution in [2.45, 2.75) is 53.1 Å². The van der Waals surface area contributed by atoms with E-state index in [0.29, 0.717) is 24.2 Å². The SMILES string of the molecule is C#C[C@@H](CC1=C[C@H](C(C)C)CC[C@H]1C)OC(C)=O. The summed E-state index contributed by atoms with van der Waals surface area (Å²) in [5.41, 5.74) is 1.35. The highest BCUT2D eigenvalue weighted by Gasteiger charge is 2.24. The quantitative estimate of drug-likeness (QED) is 0.432. The van der Waals surface area contributed by atoms with Gasteiger partial charge in [-0.2, -0.15) is 0 Å². The predicted octanol–water partition coefficient (Wildman–Crippen LogP) is 3.57. The third-order valence-electron chi connectivity index (χ3n) is 3.77. The molecule has 0 spiro atoms. The van der Waals surface area contributed by atoms with Crippen LogP contribution in [-0.4, -0.2) is 12.1 Å². The lowest BCUT2D eigenvalue weighted by Crippen LogP contribution is -2.21. The molecule has 2 heteroatoms. The Hall–Kier alpha value is -1.23. The van der Waals surface area contributed by atoms with Crippen molar-refractivity contribution in [1.82, 2.24) is 0 Å². The van der Waals surface area contributed by atoms with E-state index in [4.69, 9.17) is 11.2 Å². The van der Waals surface area contributed by atoms with Crippen molar-refractivity contribution < 1.29 is 9.53 Å². The maximum Gasteiger partial charge on any atom is 0.303 e. The predicted molar refractivity (Wildman–Crippen MR) is 73.8 cm³/mol. The topological polar surface area (TPSA) is 26.3 Å². The Morgan fingerprint density at radius 3 is 2.72 bits per heavy atom. The molecule has 1 rings (SSSR count). The van der Waals surface area contributed by atoms with Crippen LogP contribution in [0, 0.1) is 30.1 Å². The first-order valence-corrected chi connectivity index (χ1v) is 6.78. The van der Waals surface area contributed by atoms with Gasteiger partial charge in [0.2, 0.25) is 0 Å². The maximum absolute atomic E-state index is 11.0. The molecule has 0 radical (unpaired) electrons. The van der Waals surface area contributed by atoms with E-state index in [1.807, 2.05) is 0 Å². The average Bonchev–Trinajstić information content (AvgIpc) is 2.29. The lowest BCUT2D eigenvalue weighted by atomic mass is 9.77. The summed E-state index contributed by atoms with van der Waals surface area (Å²) in [5, 5.41) is 0. The molecule has 0 N–H and O–H groups in total. The van der Waals surface area contributed by atoms with Crippen molar-refractivity contribution in [3.8, 4) is 12.3 Å². The summed E-state index contributed by atoms with van der Waals surface area (Å²) in [6.07, 6.45) is 10.5. The van der Waals surface area contributed by atoms with Gasteiger partial charge in [0.05, 0.1) is 0 Å². The molecule has 0 saturated heterocycles. The number of carbonyl (C=O) groups is 1. The van der Waals surface area contributed by atoms with Crippen LogP contribution in [0.2, 0.25) is 0 Å². The summed E-state index contributed by atoms with van der Waals surface area (Å²) < 4.78 is 5.13. The zero-order valence-electron chi connectivity index (χ0n) is 11.9. The minimum atomic E-state index is -0.415. The summed E-state index contributed by atoms with van der Waals surface area (Å²) in [6, 6.07) is 0. The molecule has 0 aliphatic heterocycles. The van der Waals surface area contributed by atoms with E-state index in [1.165, 1.54) is 25.3 Å². The number of allylic oxidation sites excluding steroid dienone is 1. The van der Waals surface area contributed by atoms with Gasteiger partial charge in [-0.3, -0.25) is 4.79 Å². The largest absolute Gasteiger partial charge is 0.449 e. The Balaban J connectivity index is 2.73. The van der Waals surface area contributed by atoms with Crippen LogP contribution in [0.3, 0.4) is 0 Å². The normalized spacial score (nSPS) is 25.2. The molecule has 1 aliphatic rings. The molecule has 100 valence electrons. The van der Waals surface area contributed by atoms with Crippen molar-refractivity contribution in [2.75, 3.05) is 0 Å². The minimum absolute atomic E-state index is 0.303. The van der Waals surface area contributed by atoms with Gasteiger partial charge >= 0.3 is 5.97 Å². The van der Waals surface area contributed by atoms with Crippen molar-refractivity contribution in [2.24, 2.45) is 17.8 Å². The molecule has 0 aromatic heterocycles. The lowest BCUT2D eigenvalue weighted by molar-refractivity contribution is -0.143. The lowest BCUT2D eigenvalue weighted by Gasteiger charge is -2.29. The average molecular weight is 248 g/mol. The molecule has 18 heavy (non-hydrogen) atoms. The van der Waals surface area contributed by atoms with E-state index >= 15 is 0 Å². The third-order valence-corrected chi connectivity index (χ3v) is 3.77. The van der Waals surface area contributed by atoms with Gasteiger partial charge in [-0.05, 0) is 30.6 Å². The highest BCUT2D eigenvalue weighted by atomic mass is 16.5. The van der Waals surface area contributed by atoms with Crippen LogP contribution < -0.4 is 0 Å². The zero-order chi connectivity index (χ0) is 13.7. The Bertz CT molecular complexity index is 360. The first-order valence-electron chi connectivity index (χ1n) is 6.78. The number of carbonyl (C=O) groups excluding carboxylic acids is 1. The second kappa shape index (κ2) is 6.64. The number of hydrogen-bond donors (Lipinski definition) is 0. The Morgan fingerprint density at radius 1 is 1.56 bits per heavy atom. The van der Waals surface area contributed by atoms with Crippen LogP contribution in [0.1, 0.15) is 47.0 Å². The molecule has 0 heterocycles. The van der Waals surface area contributed by atoms with Gasteiger partial charge in [-0.15, -0.1) is 6.42 Å². The summed E-state index contributed by atoms with van der Waals surface area (Å²) >= 11 is 0. The second-order valence-electron chi connectivity index (χ2n) is 5.60. The Morgan fingerprint density at radius 2 is 2.22 bits per heavy atom. The van der Waals surface area contributed by atoms with E-state index in [9.17, 15) is 4.79 Å². The summed E-state index contributed by atoms with van der Waals surface area (Å²) in [7, 11) is 0. The molecule has 0 unspecified atom stereocenters. The van der Waals surface area contributed by atoms with Crippen LogP contribution in [0.5, 0.6) is 0 Å². The number of ether oxygens (including phenoxy) is 1. The summed E-state index contributed by atoms with van der Waals surface area (Å²) in [4.78, 5) is 11.0. The smallest absolute Gasteiger partial charge is 0.303 e. The maximum atomic E-state index is 11.0. The van der Waals surface area contributed by atoms with Gasteiger partial charge < -0.3 is 4.74 Å². The van der Waals surface area contributed by atoms with Crippen LogP contribution in [-0.2, 0) is 9.53 Å². The molecule has 0 fully saturated rings. The van der Waals surface area contributed by atoms with Crippen molar-refractivity contribution in [3.05, 3.63) is 11.6 Å². The van der Waals surface area contributed by atoms with E-state index in [-0.39, 0.29) is 5.97 Å². The molecular formula is C16H24O2. The molecule has 0 aromatic carbocycles. The molecule has 0 aromatic rings. The summed E-state index contributed by atoms with van der Waals surface area (Å²) in [6.45, 7) is 8.13. The van der Waals surface area contributed by atoms with Gasteiger partial charge in [0.1, 0.15) is 0 Å². The van der Waals surface area contributed by atoms with Gasteiger partial charge in [0.15, 0.2) is 6.10 Å². The number of hydrogen-bond acceptors (Lipinski definition) is 2. The minimum Gasteiger partial charge on any atom is -0.449 e. The molecule has 3 atom stereocenters. The van der Waals surface area contributed by atoms with Crippen LogP contribution in [0.4, 0.5) is 0 Å². The Labute approximate surface area is 111 Å². The molecular weight excluding hydrogens is 224 g/mol. The van der Waals surface area contributed by atoms with E-state index < -0.39 is 6.10 Å². The van der Waals surface area contributed by atoms with Crippen LogP contribution >= 0.6 is 0 Å². The molecule has 0 bridgehead atoms. The van der Waals surface area contributed by atoms with E-state index in [1.54, 1.807) is 0 Å². The molecule has 0 amide bonds. The van der Waals surface area contributed by atoms with Gasteiger partial charge in [0.25, 0.3) is 0 Å². The van der Waals surface area contributed by atoms with Crippen LogP contribution in [0.25, 0.3) is 0 Å². The molecule has 2 nitrogen and oxygen atoms in total. The fourth-order valence-electron chi connectivity index (χ4n) is 2.49. The van der Waals surface area contributed by atoms with Crippen molar-refractivity contribution in [3.63, 3.8) is 0 Å². The van der Waals surface area contributed by atoms with Gasteiger partial charge in [-0.1, -0.05) is 38.3 Å². The standard InChI is InChI=1S/C16H24O2/c1-6-16(18-13(5)17)10-15-9-14(11(2)3)8-7-12(15)4/h1,9,11-12,14,16H,7-8,10H2,2-5H3/t12-,14-,16+/m1/s1. The fraction of sp³-hybridized carbons (Fsp3) is 0.688. The van der Waals surface area contributed by atoms with E-state index in [0.717, 1.165) is 0 Å². The number of terminal acetylenes is 1. The monoisotopic (exact) mass is 248 g/mol. The van der Waals surface area contributed by atoms with E-state index in [2.05, 4.69) is 32.8 Å². The highest BCUT2D eigenvalue weighted by molar-refractivity contribution is 5.66.